The van der Waals surface area contributed by atoms with E-state index in [2.05, 4.69) is 42.3 Å². The summed E-state index contributed by atoms with van der Waals surface area (Å²) in [4.78, 5) is 2.48. The predicted octanol–water partition coefficient (Wildman–Crippen LogP) is 3.46. The molecule has 114 valence electrons. The van der Waals surface area contributed by atoms with E-state index in [1.807, 2.05) is 0 Å². The summed E-state index contributed by atoms with van der Waals surface area (Å²) in [5, 5.41) is 0. The first-order chi connectivity index (χ1) is 10.7. The van der Waals surface area contributed by atoms with Gasteiger partial charge in [-0.05, 0) is 72.0 Å². The average molecular weight is 295 g/mol. The molecule has 4 rings (SSSR count). The lowest BCUT2D eigenvalue weighted by atomic mass is 9.77. The third-order valence-corrected chi connectivity index (χ3v) is 5.09. The van der Waals surface area contributed by atoms with Crippen molar-refractivity contribution in [3.63, 3.8) is 0 Å². The SMILES string of the molecule is COc1ccc2c(c1)-c1cc(OC)cc3c1C(C2)N(C)CC3. The van der Waals surface area contributed by atoms with Crippen molar-refractivity contribution in [2.24, 2.45) is 0 Å². The van der Waals surface area contributed by atoms with Gasteiger partial charge in [-0.25, -0.2) is 0 Å². The van der Waals surface area contributed by atoms with E-state index in [0.717, 1.165) is 30.9 Å². The van der Waals surface area contributed by atoms with Gasteiger partial charge in [-0.15, -0.1) is 0 Å². The van der Waals surface area contributed by atoms with Crippen LogP contribution in [0.4, 0.5) is 0 Å². The van der Waals surface area contributed by atoms with Crippen molar-refractivity contribution in [2.45, 2.75) is 18.9 Å². The summed E-state index contributed by atoms with van der Waals surface area (Å²) in [5.74, 6) is 1.87. The number of rotatable bonds is 2. The molecule has 0 saturated heterocycles. The minimum Gasteiger partial charge on any atom is -0.497 e. The molecule has 1 aliphatic carbocycles. The highest BCUT2D eigenvalue weighted by molar-refractivity contribution is 5.78. The van der Waals surface area contributed by atoms with Gasteiger partial charge in [-0.3, -0.25) is 4.90 Å². The molecular weight excluding hydrogens is 274 g/mol. The molecule has 0 radical (unpaired) electrons. The van der Waals surface area contributed by atoms with Gasteiger partial charge in [0.1, 0.15) is 11.5 Å². The predicted molar refractivity (Wildman–Crippen MR) is 87.8 cm³/mol. The van der Waals surface area contributed by atoms with Gasteiger partial charge in [0.2, 0.25) is 0 Å². The second-order valence-electron chi connectivity index (χ2n) is 6.22. The quantitative estimate of drug-likeness (QED) is 0.847. The second-order valence-corrected chi connectivity index (χ2v) is 6.22. The van der Waals surface area contributed by atoms with Gasteiger partial charge in [-0.1, -0.05) is 6.07 Å². The molecule has 0 amide bonds. The minimum absolute atomic E-state index is 0.477. The molecule has 2 aromatic carbocycles. The van der Waals surface area contributed by atoms with Crippen LogP contribution < -0.4 is 9.47 Å². The zero-order valence-electron chi connectivity index (χ0n) is 13.3. The summed E-state index contributed by atoms with van der Waals surface area (Å²) >= 11 is 0. The van der Waals surface area contributed by atoms with E-state index in [4.69, 9.17) is 9.47 Å². The Bertz CT molecular complexity index is 738. The third-order valence-electron chi connectivity index (χ3n) is 5.09. The fraction of sp³-hybridized carbons (Fsp3) is 0.368. The fourth-order valence-corrected chi connectivity index (χ4v) is 3.88. The van der Waals surface area contributed by atoms with Crippen molar-refractivity contribution >= 4 is 0 Å². The van der Waals surface area contributed by atoms with E-state index in [9.17, 15) is 0 Å². The van der Waals surface area contributed by atoms with Gasteiger partial charge in [0.05, 0.1) is 14.2 Å². The van der Waals surface area contributed by atoms with E-state index in [1.165, 1.54) is 27.8 Å². The molecule has 0 saturated carbocycles. The van der Waals surface area contributed by atoms with Gasteiger partial charge >= 0.3 is 0 Å². The van der Waals surface area contributed by atoms with Gasteiger partial charge in [0.25, 0.3) is 0 Å². The molecule has 2 aromatic rings. The number of nitrogens with zero attached hydrogens (tertiary/aromatic N) is 1. The van der Waals surface area contributed by atoms with Crippen molar-refractivity contribution in [3.8, 4) is 22.6 Å². The number of likely N-dealkylation sites (N-methyl/N-ethyl adjacent to an activating group) is 1. The van der Waals surface area contributed by atoms with Crippen molar-refractivity contribution in [1.82, 2.24) is 4.90 Å². The highest BCUT2D eigenvalue weighted by atomic mass is 16.5. The van der Waals surface area contributed by atoms with Crippen molar-refractivity contribution in [2.75, 3.05) is 27.8 Å². The molecule has 1 heterocycles. The number of fused-ring (bicyclic) bond motifs is 2. The molecule has 1 aliphatic heterocycles. The monoisotopic (exact) mass is 295 g/mol. The molecule has 3 heteroatoms. The zero-order valence-corrected chi connectivity index (χ0v) is 13.3. The summed E-state index contributed by atoms with van der Waals surface area (Å²) in [7, 11) is 5.70. The second kappa shape index (κ2) is 5.03. The molecular formula is C19H21NO2. The number of methoxy groups -OCH3 is 2. The Hall–Kier alpha value is -2.00. The lowest BCUT2D eigenvalue weighted by Crippen LogP contribution is -2.35. The van der Waals surface area contributed by atoms with E-state index < -0.39 is 0 Å². The van der Waals surface area contributed by atoms with Crippen LogP contribution in [-0.4, -0.2) is 32.7 Å². The molecule has 0 bridgehead atoms. The van der Waals surface area contributed by atoms with Gasteiger partial charge in [0, 0.05) is 12.6 Å². The highest BCUT2D eigenvalue weighted by Gasteiger charge is 2.33. The maximum absolute atomic E-state index is 5.54. The summed E-state index contributed by atoms with van der Waals surface area (Å²) in [6, 6.07) is 11.3. The molecule has 0 fully saturated rings. The maximum atomic E-state index is 5.54. The molecule has 2 aliphatic rings. The summed E-state index contributed by atoms with van der Waals surface area (Å²) in [6.45, 7) is 1.11. The van der Waals surface area contributed by atoms with Crippen molar-refractivity contribution in [1.29, 1.82) is 0 Å². The van der Waals surface area contributed by atoms with Crippen LogP contribution in [0.25, 0.3) is 11.1 Å². The Balaban J connectivity index is 1.99. The van der Waals surface area contributed by atoms with Crippen LogP contribution >= 0.6 is 0 Å². The Morgan fingerprint density at radius 2 is 1.73 bits per heavy atom. The van der Waals surface area contributed by atoms with Gasteiger partial charge in [0.15, 0.2) is 0 Å². The first kappa shape index (κ1) is 13.6. The average Bonchev–Trinajstić information content (AvgIpc) is 2.57. The van der Waals surface area contributed by atoms with E-state index in [1.54, 1.807) is 14.2 Å². The molecule has 3 nitrogen and oxygen atoms in total. The Kier molecular flexibility index (Phi) is 3.12. The smallest absolute Gasteiger partial charge is 0.119 e. The van der Waals surface area contributed by atoms with Gasteiger partial charge < -0.3 is 9.47 Å². The first-order valence-electron chi connectivity index (χ1n) is 7.79. The van der Waals surface area contributed by atoms with Crippen LogP contribution in [0.5, 0.6) is 11.5 Å². The Labute approximate surface area is 131 Å². The van der Waals surface area contributed by atoms with Crippen LogP contribution in [-0.2, 0) is 12.8 Å². The topological polar surface area (TPSA) is 21.7 Å². The Morgan fingerprint density at radius 3 is 2.50 bits per heavy atom. The van der Waals surface area contributed by atoms with E-state index in [-0.39, 0.29) is 0 Å². The number of hydrogen-bond donors (Lipinski definition) is 0. The van der Waals surface area contributed by atoms with Crippen LogP contribution in [0.3, 0.4) is 0 Å². The Morgan fingerprint density at radius 1 is 0.955 bits per heavy atom. The lowest BCUT2D eigenvalue weighted by Gasteiger charge is -2.40. The summed E-state index contributed by atoms with van der Waals surface area (Å²) < 4.78 is 11.0. The van der Waals surface area contributed by atoms with Crippen LogP contribution in [0.2, 0.25) is 0 Å². The number of ether oxygens (including phenoxy) is 2. The minimum atomic E-state index is 0.477. The number of hydrogen-bond acceptors (Lipinski definition) is 3. The lowest BCUT2D eigenvalue weighted by molar-refractivity contribution is 0.228. The molecule has 22 heavy (non-hydrogen) atoms. The van der Waals surface area contributed by atoms with Crippen LogP contribution in [0, 0.1) is 0 Å². The number of benzene rings is 2. The normalized spacial score (nSPS) is 19.3. The van der Waals surface area contributed by atoms with E-state index >= 15 is 0 Å². The highest BCUT2D eigenvalue weighted by Crippen LogP contribution is 2.47. The van der Waals surface area contributed by atoms with Gasteiger partial charge in [-0.2, -0.15) is 0 Å². The molecule has 0 N–H and O–H groups in total. The molecule has 1 unspecified atom stereocenters. The standard InChI is InChI=1S/C19H21NO2/c1-20-7-6-13-8-15(22-3)11-17-16-10-14(21-2)5-4-12(16)9-18(20)19(13)17/h4-5,8,10-11,18H,6-7,9H2,1-3H3. The first-order valence-corrected chi connectivity index (χ1v) is 7.79. The molecule has 0 aromatic heterocycles. The summed E-state index contributed by atoms with van der Waals surface area (Å²) in [5.41, 5.74) is 6.92. The van der Waals surface area contributed by atoms with E-state index in [0.29, 0.717) is 6.04 Å². The summed E-state index contributed by atoms with van der Waals surface area (Å²) in [6.07, 6.45) is 2.16. The fourth-order valence-electron chi connectivity index (χ4n) is 3.88. The zero-order chi connectivity index (χ0) is 15.3. The van der Waals surface area contributed by atoms with Crippen LogP contribution in [0.15, 0.2) is 30.3 Å². The molecule has 1 atom stereocenters. The maximum Gasteiger partial charge on any atom is 0.119 e. The largest absolute Gasteiger partial charge is 0.497 e. The van der Waals surface area contributed by atoms with Crippen LogP contribution in [0.1, 0.15) is 22.7 Å². The third kappa shape index (κ3) is 1.92. The van der Waals surface area contributed by atoms with Crippen molar-refractivity contribution < 1.29 is 9.47 Å². The molecule has 0 spiro atoms. The van der Waals surface area contributed by atoms with Crippen molar-refractivity contribution in [3.05, 3.63) is 47.0 Å².